The highest BCUT2D eigenvalue weighted by molar-refractivity contribution is 7.90. The Kier molecular flexibility index (Phi) is 5.78. The minimum Gasteiger partial charge on any atom is -0.372 e. The maximum absolute atomic E-state index is 12.3. The molecule has 1 aromatic heterocycles. The fraction of sp³-hybridized carbons (Fsp3) is 0.421. The minimum absolute atomic E-state index is 0.256. The monoisotopic (exact) mass is 390 g/mol. The summed E-state index contributed by atoms with van der Waals surface area (Å²) in [6, 6.07) is 13.6. The van der Waals surface area contributed by atoms with E-state index in [0.29, 0.717) is 11.5 Å². The molecule has 138 valence electrons. The SMILES string of the molecule is CC(C)S(=O)(=O)NC1CCCOC1c1ccc(-c2ccc(C#N)s2)cc1. The van der Waals surface area contributed by atoms with Crippen LogP contribution in [-0.4, -0.2) is 26.3 Å². The van der Waals surface area contributed by atoms with Gasteiger partial charge in [-0.2, -0.15) is 5.26 Å². The molecule has 0 amide bonds. The van der Waals surface area contributed by atoms with Crippen molar-refractivity contribution in [1.82, 2.24) is 4.72 Å². The Balaban J connectivity index is 1.81. The van der Waals surface area contributed by atoms with E-state index in [9.17, 15) is 8.42 Å². The van der Waals surface area contributed by atoms with Gasteiger partial charge in [-0.3, -0.25) is 0 Å². The van der Waals surface area contributed by atoms with E-state index in [2.05, 4.69) is 10.8 Å². The highest BCUT2D eigenvalue weighted by atomic mass is 32.2. The van der Waals surface area contributed by atoms with Gasteiger partial charge in [0.1, 0.15) is 10.9 Å². The lowest BCUT2D eigenvalue weighted by Crippen LogP contribution is -2.45. The summed E-state index contributed by atoms with van der Waals surface area (Å²) in [5, 5.41) is 8.49. The topological polar surface area (TPSA) is 79.2 Å². The van der Waals surface area contributed by atoms with Gasteiger partial charge in [0.05, 0.1) is 17.4 Å². The van der Waals surface area contributed by atoms with Gasteiger partial charge in [0.25, 0.3) is 0 Å². The molecular formula is C19H22N2O3S2. The zero-order valence-electron chi connectivity index (χ0n) is 14.8. The van der Waals surface area contributed by atoms with Crippen LogP contribution in [-0.2, 0) is 14.8 Å². The average Bonchev–Trinajstić information content (AvgIpc) is 3.11. The molecule has 2 atom stereocenters. The number of nitriles is 1. The van der Waals surface area contributed by atoms with Crippen LogP contribution in [0.25, 0.3) is 10.4 Å². The Morgan fingerprint density at radius 3 is 2.58 bits per heavy atom. The van der Waals surface area contributed by atoms with Gasteiger partial charge in [-0.05, 0) is 49.9 Å². The fourth-order valence-electron chi connectivity index (χ4n) is 2.97. The first-order chi connectivity index (χ1) is 12.4. The molecule has 1 aliphatic heterocycles. The van der Waals surface area contributed by atoms with Crippen molar-refractivity contribution in [1.29, 1.82) is 5.26 Å². The van der Waals surface area contributed by atoms with Gasteiger partial charge in [0.15, 0.2) is 0 Å². The maximum Gasteiger partial charge on any atom is 0.214 e. The van der Waals surface area contributed by atoms with Gasteiger partial charge in [-0.25, -0.2) is 13.1 Å². The highest BCUT2D eigenvalue weighted by Gasteiger charge is 2.31. The van der Waals surface area contributed by atoms with Gasteiger partial charge in [0.2, 0.25) is 10.0 Å². The number of hydrogen-bond donors (Lipinski definition) is 1. The Morgan fingerprint density at radius 1 is 1.23 bits per heavy atom. The Morgan fingerprint density at radius 2 is 1.96 bits per heavy atom. The summed E-state index contributed by atoms with van der Waals surface area (Å²) < 4.78 is 33.2. The van der Waals surface area contributed by atoms with Crippen LogP contribution in [0.4, 0.5) is 0 Å². The third kappa shape index (κ3) is 4.15. The van der Waals surface area contributed by atoms with Crippen molar-refractivity contribution in [2.75, 3.05) is 6.61 Å². The molecule has 0 aliphatic carbocycles. The average molecular weight is 391 g/mol. The number of nitrogens with zero attached hydrogens (tertiary/aromatic N) is 1. The number of nitrogens with one attached hydrogen (secondary N) is 1. The molecule has 2 aromatic rings. The lowest BCUT2D eigenvalue weighted by Gasteiger charge is -2.33. The molecule has 1 aliphatic rings. The van der Waals surface area contributed by atoms with Crippen molar-refractivity contribution in [2.24, 2.45) is 0 Å². The predicted molar refractivity (Wildman–Crippen MR) is 103 cm³/mol. The third-order valence-electron chi connectivity index (χ3n) is 4.50. The van der Waals surface area contributed by atoms with Crippen LogP contribution in [0.3, 0.4) is 0 Å². The Bertz CT molecular complexity index is 896. The van der Waals surface area contributed by atoms with Crippen LogP contribution in [0, 0.1) is 11.3 Å². The lowest BCUT2D eigenvalue weighted by atomic mass is 9.96. The normalized spacial score (nSPS) is 20.8. The minimum atomic E-state index is -3.35. The zero-order valence-corrected chi connectivity index (χ0v) is 16.4. The second-order valence-electron chi connectivity index (χ2n) is 6.65. The van der Waals surface area contributed by atoms with E-state index in [4.69, 9.17) is 10.00 Å². The molecule has 2 heterocycles. The number of rotatable bonds is 5. The van der Waals surface area contributed by atoms with E-state index in [-0.39, 0.29) is 12.1 Å². The van der Waals surface area contributed by atoms with E-state index < -0.39 is 15.3 Å². The smallest absolute Gasteiger partial charge is 0.214 e. The summed E-state index contributed by atoms with van der Waals surface area (Å²) in [5.41, 5.74) is 2.00. The summed E-state index contributed by atoms with van der Waals surface area (Å²) in [7, 11) is -3.35. The first-order valence-electron chi connectivity index (χ1n) is 8.64. The standard InChI is InChI=1S/C19H22N2O3S2/c1-13(2)26(22,23)21-17-4-3-11-24-19(17)15-7-5-14(6-8-15)18-10-9-16(12-20)25-18/h5-10,13,17,19,21H,3-4,11H2,1-2H3. The van der Waals surface area contributed by atoms with E-state index in [1.54, 1.807) is 13.8 Å². The molecule has 1 N–H and O–H groups in total. The quantitative estimate of drug-likeness (QED) is 0.841. The first kappa shape index (κ1) is 19.1. The first-order valence-corrected chi connectivity index (χ1v) is 11.0. The van der Waals surface area contributed by atoms with Gasteiger partial charge >= 0.3 is 0 Å². The zero-order chi connectivity index (χ0) is 18.7. The number of thiophene rings is 1. The van der Waals surface area contributed by atoms with Gasteiger partial charge in [-0.1, -0.05) is 24.3 Å². The summed E-state index contributed by atoms with van der Waals surface area (Å²) >= 11 is 1.46. The highest BCUT2D eigenvalue weighted by Crippen LogP contribution is 2.32. The molecule has 5 nitrogen and oxygen atoms in total. The predicted octanol–water partition coefficient (Wildman–Crippen LogP) is 3.83. The molecule has 1 fully saturated rings. The molecule has 1 aromatic carbocycles. The second-order valence-corrected chi connectivity index (χ2v) is 10.0. The molecule has 2 unspecified atom stereocenters. The third-order valence-corrected chi connectivity index (χ3v) is 7.41. The van der Waals surface area contributed by atoms with Crippen LogP contribution in [0.15, 0.2) is 36.4 Å². The Labute approximate surface area is 158 Å². The second kappa shape index (κ2) is 7.89. The van der Waals surface area contributed by atoms with E-state index in [1.165, 1.54) is 11.3 Å². The largest absolute Gasteiger partial charge is 0.372 e. The maximum atomic E-state index is 12.3. The van der Waals surface area contributed by atoms with E-state index in [0.717, 1.165) is 28.8 Å². The molecule has 0 radical (unpaired) electrons. The summed E-state index contributed by atoms with van der Waals surface area (Å²) in [4.78, 5) is 1.72. The molecule has 0 saturated carbocycles. The van der Waals surface area contributed by atoms with Crippen molar-refractivity contribution in [3.8, 4) is 16.5 Å². The summed E-state index contributed by atoms with van der Waals surface area (Å²) in [6.45, 7) is 3.97. The van der Waals surface area contributed by atoms with E-state index in [1.807, 2.05) is 36.4 Å². The van der Waals surface area contributed by atoms with Crippen LogP contribution >= 0.6 is 11.3 Å². The van der Waals surface area contributed by atoms with Crippen LogP contribution in [0.1, 0.15) is 43.2 Å². The summed E-state index contributed by atoms with van der Waals surface area (Å²) in [6.07, 6.45) is 1.31. The molecule has 0 bridgehead atoms. The molecule has 26 heavy (non-hydrogen) atoms. The molecule has 7 heteroatoms. The molecule has 3 rings (SSSR count). The number of benzene rings is 1. The van der Waals surface area contributed by atoms with Crippen LogP contribution in [0.2, 0.25) is 0 Å². The number of ether oxygens (including phenoxy) is 1. The number of hydrogen-bond acceptors (Lipinski definition) is 5. The lowest BCUT2D eigenvalue weighted by molar-refractivity contribution is -0.00446. The molecule has 1 saturated heterocycles. The van der Waals surface area contributed by atoms with Gasteiger partial charge < -0.3 is 4.74 Å². The molecule has 0 spiro atoms. The van der Waals surface area contributed by atoms with Crippen molar-refractivity contribution in [2.45, 2.75) is 44.1 Å². The Hall–Kier alpha value is -1.72. The van der Waals surface area contributed by atoms with Crippen molar-refractivity contribution >= 4 is 21.4 Å². The van der Waals surface area contributed by atoms with E-state index >= 15 is 0 Å². The van der Waals surface area contributed by atoms with Crippen molar-refractivity contribution in [3.05, 3.63) is 46.8 Å². The van der Waals surface area contributed by atoms with Gasteiger partial charge in [0, 0.05) is 11.5 Å². The summed E-state index contributed by atoms with van der Waals surface area (Å²) in [5.74, 6) is 0. The van der Waals surface area contributed by atoms with Crippen molar-refractivity contribution < 1.29 is 13.2 Å². The van der Waals surface area contributed by atoms with Crippen LogP contribution < -0.4 is 4.72 Å². The van der Waals surface area contributed by atoms with Crippen LogP contribution in [0.5, 0.6) is 0 Å². The molecular weight excluding hydrogens is 368 g/mol. The van der Waals surface area contributed by atoms with Crippen molar-refractivity contribution in [3.63, 3.8) is 0 Å². The fourth-order valence-corrected chi connectivity index (χ4v) is 4.71. The van der Waals surface area contributed by atoms with Gasteiger partial charge in [-0.15, -0.1) is 11.3 Å². The number of sulfonamides is 1.